The highest BCUT2D eigenvalue weighted by Gasteiger charge is 2.24. The van der Waals surface area contributed by atoms with E-state index in [0.717, 1.165) is 25.7 Å². The van der Waals surface area contributed by atoms with Gasteiger partial charge in [-0.1, -0.05) is 0 Å². The van der Waals surface area contributed by atoms with Crippen LogP contribution in [0.15, 0.2) is 0 Å². The maximum Gasteiger partial charge on any atom is 0.224 e. The molecule has 2 atom stereocenters. The van der Waals surface area contributed by atoms with E-state index in [-0.39, 0.29) is 18.6 Å². The van der Waals surface area contributed by atoms with Gasteiger partial charge in [0, 0.05) is 12.8 Å². The van der Waals surface area contributed by atoms with E-state index in [1.807, 2.05) is 0 Å². The molecular formula is C8H12FN. The molecule has 0 radical (unpaired) electrons. The molecule has 1 aliphatic carbocycles. The smallest absolute Gasteiger partial charge is 0.224 e. The number of hydrogen-bond donors (Lipinski definition) is 0. The molecule has 0 aromatic heterocycles. The standard InChI is InChI=1S/C8H12FN/c1-10-8-4-2-3-7(5-8)6-9/h7-8H,2-6H2. The Morgan fingerprint density at radius 2 is 2.30 bits per heavy atom. The molecule has 0 aromatic rings. The van der Waals surface area contributed by atoms with E-state index >= 15 is 0 Å². The first-order chi connectivity index (χ1) is 4.86. The van der Waals surface area contributed by atoms with Crippen molar-refractivity contribution in [2.24, 2.45) is 5.92 Å². The van der Waals surface area contributed by atoms with Crippen molar-refractivity contribution < 1.29 is 4.39 Å². The zero-order valence-electron chi connectivity index (χ0n) is 6.02. The average molecular weight is 141 g/mol. The summed E-state index contributed by atoms with van der Waals surface area (Å²) >= 11 is 0. The zero-order chi connectivity index (χ0) is 7.40. The van der Waals surface area contributed by atoms with E-state index in [1.165, 1.54) is 0 Å². The highest BCUT2D eigenvalue weighted by Crippen LogP contribution is 2.26. The first kappa shape index (κ1) is 7.53. The number of halogens is 1. The Morgan fingerprint density at radius 3 is 2.90 bits per heavy atom. The number of rotatable bonds is 1. The Morgan fingerprint density at radius 1 is 1.50 bits per heavy atom. The minimum atomic E-state index is -0.230. The maximum atomic E-state index is 12.1. The van der Waals surface area contributed by atoms with Crippen molar-refractivity contribution in [1.82, 2.24) is 0 Å². The van der Waals surface area contributed by atoms with E-state index in [1.54, 1.807) is 0 Å². The van der Waals surface area contributed by atoms with Gasteiger partial charge in [0.15, 0.2) is 0 Å². The van der Waals surface area contributed by atoms with Gasteiger partial charge in [-0.15, -0.1) is 0 Å². The monoisotopic (exact) mass is 141 g/mol. The van der Waals surface area contributed by atoms with Crippen molar-refractivity contribution in [2.45, 2.75) is 31.7 Å². The van der Waals surface area contributed by atoms with Crippen molar-refractivity contribution >= 4 is 0 Å². The molecule has 0 aromatic carbocycles. The van der Waals surface area contributed by atoms with Crippen molar-refractivity contribution in [3.05, 3.63) is 11.4 Å². The summed E-state index contributed by atoms with van der Waals surface area (Å²) in [5.74, 6) is 0.188. The Balaban J connectivity index is 2.33. The molecule has 56 valence electrons. The molecule has 0 heterocycles. The van der Waals surface area contributed by atoms with Crippen LogP contribution in [0.5, 0.6) is 0 Å². The minimum Gasteiger partial charge on any atom is -0.314 e. The summed E-state index contributed by atoms with van der Waals surface area (Å²) < 4.78 is 12.1. The summed E-state index contributed by atoms with van der Waals surface area (Å²) in [5.41, 5.74) is 0. The fraction of sp³-hybridized carbons (Fsp3) is 0.875. The van der Waals surface area contributed by atoms with E-state index in [0.29, 0.717) is 0 Å². The SMILES string of the molecule is [C-]#[N+]C1CCCC(CF)C1. The summed E-state index contributed by atoms with van der Waals surface area (Å²) in [5, 5.41) is 0. The predicted molar refractivity (Wildman–Crippen MR) is 38.3 cm³/mol. The molecule has 1 nitrogen and oxygen atoms in total. The van der Waals surface area contributed by atoms with Gasteiger partial charge in [0.05, 0.1) is 6.67 Å². The predicted octanol–water partition coefficient (Wildman–Crippen LogP) is 2.43. The van der Waals surface area contributed by atoms with E-state index < -0.39 is 0 Å². The van der Waals surface area contributed by atoms with Crippen LogP contribution in [-0.2, 0) is 0 Å². The van der Waals surface area contributed by atoms with E-state index in [9.17, 15) is 4.39 Å². The van der Waals surface area contributed by atoms with Gasteiger partial charge in [0.1, 0.15) is 0 Å². The lowest BCUT2D eigenvalue weighted by molar-refractivity contribution is 0.274. The third kappa shape index (κ3) is 1.70. The minimum absolute atomic E-state index is 0.120. The number of alkyl halides is 1. The summed E-state index contributed by atoms with van der Waals surface area (Å²) in [4.78, 5) is 3.43. The van der Waals surface area contributed by atoms with Crippen LogP contribution in [0.25, 0.3) is 4.85 Å². The summed E-state index contributed by atoms with van der Waals surface area (Å²) in [6, 6.07) is 0.120. The van der Waals surface area contributed by atoms with Crippen molar-refractivity contribution in [3.63, 3.8) is 0 Å². The highest BCUT2D eigenvalue weighted by molar-refractivity contribution is 4.85. The van der Waals surface area contributed by atoms with Crippen LogP contribution in [-0.4, -0.2) is 12.7 Å². The highest BCUT2D eigenvalue weighted by atomic mass is 19.1. The van der Waals surface area contributed by atoms with Gasteiger partial charge < -0.3 is 4.85 Å². The molecule has 1 fully saturated rings. The Kier molecular flexibility index (Phi) is 2.68. The quantitative estimate of drug-likeness (QED) is 0.494. The van der Waals surface area contributed by atoms with Crippen LogP contribution < -0.4 is 0 Å². The summed E-state index contributed by atoms with van der Waals surface area (Å²) in [6.07, 6.45) is 3.81. The molecule has 0 spiro atoms. The Labute approximate surface area is 61.1 Å². The Bertz CT molecular complexity index is 139. The molecule has 2 heteroatoms. The molecule has 2 unspecified atom stereocenters. The van der Waals surface area contributed by atoms with Crippen LogP contribution in [0.4, 0.5) is 4.39 Å². The van der Waals surface area contributed by atoms with Gasteiger partial charge in [-0.25, -0.2) is 6.57 Å². The van der Waals surface area contributed by atoms with Gasteiger partial charge in [-0.05, 0) is 18.8 Å². The second-order valence-electron chi connectivity index (χ2n) is 2.97. The average Bonchev–Trinajstić information content (AvgIpc) is 2.05. The topological polar surface area (TPSA) is 4.36 Å². The summed E-state index contributed by atoms with van der Waals surface area (Å²) in [6.45, 7) is 6.53. The fourth-order valence-corrected chi connectivity index (χ4v) is 1.52. The van der Waals surface area contributed by atoms with Gasteiger partial charge in [0.2, 0.25) is 6.04 Å². The molecular weight excluding hydrogens is 129 g/mol. The lowest BCUT2D eigenvalue weighted by Crippen LogP contribution is -2.18. The van der Waals surface area contributed by atoms with Crippen molar-refractivity contribution in [3.8, 4) is 0 Å². The first-order valence-corrected chi connectivity index (χ1v) is 3.79. The van der Waals surface area contributed by atoms with Gasteiger partial charge in [0.25, 0.3) is 0 Å². The molecule has 0 saturated heterocycles. The van der Waals surface area contributed by atoms with Crippen LogP contribution in [0.2, 0.25) is 0 Å². The lowest BCUT2D eigenvalue weighted by atomic mass is 9.87. The van der Waals surface area contributed by atoms with Gasteiger partial charge in [-0.3, -0.25) is 4.39 Å². The van der Waals surface area contributed by atoms with Crippen molar-refractivity contribution in [1.29, 1.82) is 0 Å². The molecule has 1 rings (SSSR count). The maximum absolute atomic E-state index is 12.1. The molecule has 0 N–H and O–H groups in total. The van der Waals surface area contributed by atoms with Gasteiger partial charge >= 0.3 is 0 Å². The van der Waals surface area contributed by atoms with Gasteiger partial charge in [-0.2, -0.15) is 0 Å². The third-order valence-corrected chi connectivity index (χ3v) is 2.16. The molecule has 1 aliphatic rings. The molecule has 0 amide bonds. The second-order valence-corrected chi connectivity index (χ2v) is 2.97. The molecule has 0 aliphatic heterocycles. The first-order valence-electron chi connectivity index (χ1n) is 3.79. The summed E-state index contributed by atoms with van der Waals surface area (Å²) in [7, 11) is 0. The van der Waals surface area contributed by atoms with Crippen LogP contribution >= 0.6 is 0 Å². The molecule has 1 saturated carbocycles. The molecule has 10 heavy (non-hydrogen) atoms. The normalized spacial score (nSPS) is 33.2. The zero-order valence-corrected chi connectivity index (χ0v) is 6.02. The third-order valence-electron chi connectivity index (χ3n) is 2.16. The molecule has 0 bridgehead atoms. The lowest BCUT2D eigenvalue weighted by Gasteiger charge is -2.19. The Hall–Kier alpha value is -0.580. The van der Waals surface area contributed by atoms with Crippen LogP contribution in [0.1, 0.15) is 25.7 Å². The van der Waals surface area contributed by atoms with Crippen LogP contribution in [0.3, 0.4) is 0 Å². The van der Waals surface area contributed by atoms with E-state index in [4.69, 9.17) is 6.57 Å². The second kappa shape index (κ2) is 3.55. The van der Waals surface area contributed by atoms with Crippen molar-refractivity contribution in [2.75, 3.05) is 6.67 Å². The van der Waals surface area contributed by atoms with Crippen LogP contribution in [0, 0.1) is 12.5 Å². The fourth-order valence-electron chi connectivity index (χ4n) is 1.52. The largest absolute Gasteiger partial charge is 0.314 e. The number of hydrogen-bond acceptors (Lipinski definition) is 0. The number of nitrogens with zero attached hydrogens (tertiary/aromatic N) is 1. The van der Waals surface area contributed by atoms with E-state index in [2.05, 4.69) is 4.85 Å².